The maximum atomic E-state index is 10.8. The van der Waals surface area contributed by atoms with Crippen LogP contribution in [0.25, 0.3) is 10.9 Å². The topological polar surface area (TPSA) is 42.2 Å². The van der Waals surface area contributed by atoms with Crippen molar-refractivity contribution in [3.05, 3.63) is 36.0 Å². The van der Waals surface area contributed by atoms with E-state index in [4.69, 9.17) is 5.11 Å². The molecule has 0 amide bonds. The average molecular weight is 217 g/mol. The first-order chi connectivity index (χ1) is 7.86. The highest BCUT2D eigenvalue weighted by Crippen LogP contribution is 2.19. The van der Waals surface area contributed by atoms with Crippen LogP contribution in [0.4, 0.5) is 0 Å². The van der Waals surface area contributed by atoms with Gasteiger partial charge in [-0.3, -0.25) is 4.79 Å². The van der Waals surface area contributed by atoms with Gasteiger partial charge in [-0.1, -0.05) is 12.1 Å². The van der Waals surface area contributed by atoms with Gasteiger partial charge in [-0.2, -0.15) is 0 Å². The Hall–Kier alpha value is -1.61. The lowest BCUT2D eigenvalue weighted by Gasteiger charge is -2.04. The number of carbonyl (C=O) groups excluding carboxylic acids is 1. The molecule has 0 aliphatic rings. The highest BCUT2D eigenvalue weighted by Gasteiger charge is 2.04. The Bertz CT molecular complexity index is 488. The summed E-state index contributed by atoms with van der Waals surface area (Å²) in [5.74, 6) is 0. The van der Waals surface area contributed by atoms with Gasteiger partial charge in [-0.25, -0.2) is 0 Å². The first-order valence-corrected chi connectivity index (χ1v) is 5.50. The quantitative estimate of drug-likeness (QED) is 0.616. The van der Waals surface area contributed by atoms with Gasteiger partial charge in [-0.15, -0.1) is 0 Å². The largest absolute Gasteiger partial charge is 0.396 e. The van der Waals surface area contributed by atoms with Gasteiger partial charge >= 0.3 is 0 Å². The average Bonchev–Trinajstić information content (AvgIpc) is 2.73. The lowest BCUT2D eigenvalue weighted by atomic mass is 10.1. The molecule has 0 fully saturated rings. The van der Waals surface area contributed by atoms with Crippen LogP contribution >= 0.6 is 0 Å². The highest BCUT2D eigenvalue weighted by atomic mass is 16.2. The number of aryl methyl sites for hydroxylation is 1. The number of carbonyl (C=O) groups is 1. The Morgan fingerprint density at radius 3 is 2.88 bits per heavy atom. The molecule has 0 aliphatic heterocycles. The predicted molar refractivity (Wildman–Crippen MR) is 63.6 cm³/mol. The van der Waals surface area contributed by atoms with Gasteiger partial charge in [0.1, 0.15) is 0 Å². The number of benzene rings is 1. The molecule has 0 bridgehead atoms. The SMILES string of the molecule is O=Cc1cccc2c1ccn2CCCCO. The maximum Gasteiger partial charge on any atom is 0.150 e. The summed E-state index contributed by atoms with van der Waals surface area (Å²) < 4.78 is 2.12. The van der Waals surface area contributed by atoms with Crippen LogP contribution < -0.4 is 0 Å². The smallest absolute Gasteiger partial charge is 0.150 e. The van der Waals surface area contributed by atoms with E-state index in [0.29, 0.717) is 0 Å². The zero-order chi connectivity index (χ0) is 11.4. The van der Waals surface area contributed by atoms with Crippen molar-refractivity contribution < 1.29 is 9.90 Å². The molecular formula is C13H15NO2. The molecule has 3 nitrogen and oxygen atoms in total. The third-order valence-electron chi connectivity index (χ3n) is 2.78. The van der Waals surface area contributed by atoms with Gasteiger partial charge in [0.05, 0.1) is 0 Å². The van der Waals surface area contributed by atoms with Crippen molar-refractivity contribution >= 4 is 17.2 Å². The van der Waals surface area contributed by atoms with Crippen molar-refractivity contribution in [2.45, 2.75) is 19.4 Å². The van der Waals surface area contributed by atoms with Crippen LogP contribution in [-0.4, -0.2) is 22.6 Å². The lowest BCUT2D eigenvalue weighted by molar-refractivity contribution is 0.112. The van der Waals surface area contributed by atoms with Gasteiger partial charge in [0.2, 0.25) is 0 Å². The number of aliphatic hydroxyl groups is 1. The zero-order valence-corrected chi connectivity index (χ0v) is 9.10. The highest BCUT2D eigenvalue weighted by molar-refractivity contribution is 5.97. The van der Waals surface area contributed by atoms with Gasteiger partial charge in [0.25, 0.3) is 0 Å². The molecule has 1 aromatic carbocycles. The van der Waals surface area contributed by atoms with Crippen LogP contribution in [-0.2, 0) is 6.54 Å². The number of hydrogen-bond acceptors (Lipinski definition) is 2. The molecule has 0 saturated carbocycles. The fourth-order valence-electron chi connectivity index (χ4n) is 1.94. The third kappa shape index (κ3) is 1.99. The molecule has 1 aromatic heterocycles. The second-order valence-corrected chi connectivity index (χ2v) is 3.84. The number of fused-ring (bicyclic) bond motifs is 1. The molecule has 3 heteroatoms. The molecule has 0 aliphatic carbocycles. The molecule has 0 saturated heterocycles. The fraction of sp³-hybridized carbons (Fsp3) is 0.308. The molecule has 84 valence electrons. The summed E-state index contributed by atoms with van der Waals surface area (Å²) in [5.41, 5.74) is 1.82. The van der Waals surface area contributed by atoms with Crippen LogP contribution in [0.2, 0.25) is 0 Å². The summed E-state index contributed by atoms with van der Waals surface area (Å²) in [4.78, 5) is 10.8. The van der Waals surface area contributed by atoms with Crippen molar-refractivity contribution in [1.29, 1.82) is 0 Å². The predicted octanol–water partition coefficient (Wildman–Crippen LogP) is 2.23. The van der Waals surface area contributed by atoms with E-state index in [9.17, 15) is 4.79 Å². The maximum absolute atomic E-state index is 10.8. The minimum Gasteiger partial charge on any atom is -0.396 e. The standard InChI is InChI=1S/C13H15NO2/c15-9-2-1-7-14-8-6-12-11(10-16)4-3-5-13(12)14/h3-6,8,10,15H,1-2,7,9H2. The zero-order valence-electron chi connectivity index (χ0n) is 9.10. The second-order valence-electron chi connectivity index (χ2n) is 3.84. The van der Waals surface area contributed by atoms with Gasteiger partial charge in [0.15, 0.2) is 6.29 Å². The summed E-state index contributed by atoms with van der Waals surface area (Å²) in [6.07, 6.45) is 4.65. The minimum atomic E-state index is 0.235. The van der Waals surface area contributed by atoms with Crippen LogP contribution in [0, 0.1) is 0 Å². The van der Waals surface area contributed by atoms with Crippen molar-refractivity contribution in [3.8, 4) is 0 Å². The molecule has 1 N–H and O–H groups in total. The molecule has 0 unspecified atom stereocenters. The number of rotatable bonds is 5. The molecule has 0 atom stereocenters. The van der Waals surface area contributed by atoms with Crippen molar-refractivity contribution in [3.63, 3.8) is 0 Å². The van der Waals surface area contributed by atoms with E-state index in [1.54, 1.807) is 0 Å². The van der Waals surface area contributed by atoms with Crippen LogP contribution in [0.15, 0.2) is 30.5 Å². The summed E-state index contributed by atoms with van der Waals surface area (Å²) in [7, 11) is 0. The van der Waals surface area contributed by atoms with Crippen LogP contribution in [0.5, 0.6) is 0 Å². The van der Waals surface area contributed by atoms with E-state index in [1.807, 2.05) is 30.5 Å². The Kier molecular flexibility index (Phi) is 3.37. The van der Waals surface area contributed by atoms with Crippen molar-refractivity contribution in [2.24, 2.45) is 0 Å². The van der Waals surface area contributed by atoms with Crippen LogP contribution in [0.3, 0.4) is 0 Å². The van der Waals surface area contributed by atoms with Crippen LogP contribution in [0.1, 0.15) is 23.2 Å². The summed E-state index contributed by atoms with van der Waals surface area (Å²) in [6.45, 7) is 1.12. The second kappa shape index (κ2) is 4.94. The van der Waals surface area contributed by atoms with Crippen molar-refractivity contribution in [2.75, 3.05) is 6.61 Å². The number of nitrogens with zero attached hydrogens (tertiary/aromatic N) is 1. The summed E-state index contributed by atoms with van der Waals surface area (Å²) in [5, 5.41) is 9.74. The Morgan fingerprint density at radius 1 is 1.25 bits per heavy atom. The normalized spacial score (nSPS) is 10.8. The molecule has 2 rings (SSSR count). The fourth-order valence-corrected chi connectivity index (χ4v) is 1.94. The van der Waals surface area contributed by atoms with Crippen molar-refractivity contribution in [1.82, 2.24) is 4.57 Å². The first-order valence-electron chi connectivity index (χ1n) is 5.50. The lowest BCUT2D eigenvalue weighted by Crippen LogP contribution is -1.97. The molecule has 2 aromatic rings. The Balaban J connectivity index is 2.30. The van der Waals surface area contributed by atoms with Gasteiger partial charge in [0, 0.05) is 35.8 Å². The molecule has 16 heavy (non-hydrogen) atoms. The minimum absolute atomic E-state index is 0.235. The number of aldehydes is 1. The number of hydrogen-bond donors (Lipinski definition) is 1. The van der Waals surface area contributed by atoms with E-state index >= 15 is 0 Å². The van der Waals surface area contributed by atoms with E-state index in [2.05, 4.69) is 4.57 Å². The Labute approximate surface area is 94.3 Å². The van der Waals surface area contributed by atoms with E-state index in [-0.39, 0.29) is 6.61 Å². The van der Waals surface area contributed by atoms with E-state index in [1.165, 1.54) is 0 Å². The molecular weight excluding hydrogens is 202 g/mol. The van der Waals surface area contributed by atoms with E-state index < -0.39 is 0 Å². The Morgan fingerprint density at radius 2 is 2.12 bits per heavy atom. The van der Waals surface area contributed by atoms with Gasteiger partial charge < -0.3 is 9.67 Å². The summed E-state index contributed by atoms with van der Waals surface area (Å²) in [6, 6.07) is 7.71. The summed E-state index contributed by atoms with van der Waals surface area (Å²) >= 11 is 0. The first kappa shape index (κ1) is 10.9. The number of aliphatic hydroxyl groups excluding tert-OH is 1. The van der Waals surface area contributed by atoms with E-state index in [0.717, 1.165) is 42.1 Å². The molecule has 0 spiro atoms. The number of unbranched alkanes of at least 4 members (excludes halogenated alkanes) is 1. The monoisotopic (exact) mass is 217 g/mol. The number of aromatic nitrogens is 1. The third-order valence-corrected chi connectivity index (χ3v) is 2.78. The van der Waals surface area contributed by atoms with Gasteiger partial charge in [-0.05, 0) is 25.0 Å². The molecule has 1 heterocycles. The molecule has 0 radical (unpaired) electrons.